The van der Waals surface area contributed by atoms with Gasteiger partial charge in [-0.1, -0.05) is 103 Å². The van der Waals surface area contributed by atoms with Crippen molar-refractivity contribution in [2.75, 3.05) is 0 Å². The summed E-state index contributed by atoms with van der Waals surface area (Å²) in [6.45, 7) is 0. The highest BCUT2D eigenvalue weighted by atomic mass is 16.1. The Labute approximate surface area is 240 Å². The molecule has 0 radical (unpaired) electrons. The number of rotatable bonds is 4. The van der Waals surface area contributed by atoms with E-state index in [0.717, 1.165) is 64.6 Å². The van der Waals surface area contributed by atoms with Crippen LogP contribution in [0.5, 0.6) is 0 Å². The van der Waals surface area contributed by atoms with Gasteiger partial charge in [0.15, 0.2) is 0 Å². The number of ketones is 2. The predicted octanol–water partition coefficient (Wildman–Crippen LogP) is 9.34. The van der Waals surface area contributed by atoms with E-state index in [0.29, 0.717) is 11.1 Å². The van der Waals surface area contributed by atoms with Crippen molar-refractivity contribution >= 4 is 76.2 Å². The minimum atomic E-state index is -0.196. The Kier molecular flexibility index (Phi) is 4.63. The summed E-state index contributed by atoms with van der Waals surface area (Å²) < 4.78 is 0. The highest BCUT2D eigenvalue weighted by molar-refractivity contribution is 6.29. The first-order chi connectivity index (χ1) is 20.7. The van der Waals surface area contributed by atoms with Gasteiger partial charge in [-0.05, 0) is 88.9 Å². The maximum Gasteiger partial charge on any atom is 0.211 e. The molecule has 0 saturated carbocycles. The molecule has 0 unspecified atom stereocenters. The number of hydrogen-bond acceptors (Lipinski definition) is 3. The second-order valence-corrected chi connectivity index (χ2v) is 11.0. The maximum atomic E-state index is 14.0. The van der Waals surface area contributed by atoms with Gasteiger partial charge in [-0.2, -0.15) is 0 Å². The molecule has 3 nitrogen and oxygen atoms in total. The Bertz CT molecular complexity index is 2350. The van der Waals surface area contributed by atoms with Crippen LogP contribution in [0.1, 0.15) is 32.1 Å². The molecule has 0 N–H and O–H groups in total. The lowest BCUT2D eigenvalue weighted by atomic mass is 9.90. The van der Waals surface area contributed by atoms with Gasteiger partial charge < -0.3 is 0 Å². The van der Waals surface area contributed by atoms with E-state index in [1.807, 2.05) is 36.4 Å². The molecule has 42 heavy (non-hydrogen) atoms. The third-order valence-corrected chi connectivity index (χ3v) is 8.76. The first kappa shape index (κ1) is 23.1. The Hall–Kier alpha value is -5.67. The number of pyridine rings is 1. The molecule has 0 aliphatic rings. The van der Waals surface area contributed by atoms with Crippen LogP contribution in [-0.2, 0) is 0 Å². The van der Waals surface area contributed by atoms with Crippen molar-refractivity contribution < 1.29 is 9.59 Å². The molecule has 0 aliphatic carbocycles. The van der Waals surface area contributed by atoms with Crippen LogP contribution in [0.2, 0.25) is 0 Å². The lowest BCUT2D eigenvalue weighted by Crippen LogP contribution is -2.11. The third kappa shape index (κ3) is 3.13. The average Bonchev–Trinajstić information content (AvgIpc) is 3.05. The largest absolute Gasteiger partial charge is 0.287 e. The minimum Gasteiger partial charge on any atom is -0.287 e. The number of nitrogens with zero attached hydrogens (tertiary/aromatic N) is 1. The molecule has 0 saturated heterocycles. The first-order valence-electron chi connectivity index (χ1n) is 14.1. The van der Waals surface area contributed by atoms with Gasteiger partial charge in [-0.15, -0.1) is 0 Å². The van der Waals surface area contributed by atoms with Gasteiger partial charge in [0.25, 0.3) is 0 Å². The summed E-state index contributed by atoms with van der Waals surface area (Å²) in [5.41, 5.74) is 1.68. The zero-order valence-electron chi connectivity index (χ0n) is 22.4. The summed E-state index contributed by atoms with van der Waals surface area (Å²) >= 11 is 0. The van der Waals surface area contributed by atoms with E-state index in [-0.39, 0.29) is 23.0 Å². The van der Waals surface area contributed by atoms with E-state index < -0.39 is 0 Å². The number of carbonyl (C=O) groups excluding carboxylic acids is 2. The predicted molar refractivity (Wildman–Crippen MR) is 171 cm³/mol. The highest BCUT2D eigenvalue weighted by Gasteiger charge is 2.21. The molecule has 3 heteroatoms. The molecule has 1 heterocycles. The Balaban J connectivity index is 1.17. The van der Waals surface area contributed by atoms with E-state index >= 15 is 0 Å². The Morgan fingerprint density at radius 2 is 0.690 bits per heavy atom. The van der Waals surface area contributed by atoms with Gasteiger partial charge in [0.05, 0.1) is 0 Å². The quantitative estimate of drug-likeness (QED) is 0.167. The molecule has 0 amide bonds. The van der Waals surface area contributed by atoms with Crippen molar-refractivity contribution in [1.82, 2.24) is 4.98 Å². The van der Waals surface area contributed by atoms with E-state index in [2.05, 4.69) is 77.8 Å². The average molecular weight is 536 g/mol. The van der Waals surface area contributed by atoms with Crippen LogP contribution in [0.4, 0.5) is 0 Å². The standard InChI is InChI=1S/C39H21NO2/c41-38(30-20-16-26-12-10-22-4-1-6-24-14-18-28(30)36(26)34(22)24)32-8-3-9-33(40-32)39(42)31-21-17-27-13-11-23-5-2-7-25-15-19-29(31)37(27)35(23)25/h1-21H. The van der Waals surface area contributed by atoms with Crippen LogP contribution in [0.3, 0.4) is 0 Å². The van der Waals surface area contributed by atoms with Gasteiger partial charge in [0.2, 0.25) is 11.6 Å². The van der Waals surface area contributed by atoms with E-state index in [4.69, 9.17) is 0 Å². The Morgan fingerprint density at radius 3 is 1.12 bits per heavy atom. The lowest BCUT2D eigenvalue weighted by Gasteiger charge is -2.14. The monoisotopic (exact) mass is 535 g/mol. The molecule has 0 aliphatic heterocycles. The summed E-state index contributed by atoms with van der Waals surface area (Å²) in [7, 11) is 0. The number of hydrogen-bond donors (Lipinski definition) is 0. The fraction of sp³-hybridized carbons (Fsp3) is 0. The van der Waals surface area contributed by atoms with Crippen molar-refractivity contribution in [3.63, 3.8) is 0 Å². The van der Waals surface area contributed by atoms with E-state index in [9.17, 15) is 9.59 Å². The van der Waals surface area contributed by atoms with Crippen LogP contribution in [0.15, 0.2) is 127 Å². The highest BCUT2D eigenvalue weighted by Crippen LogP contribution is 2.38. The number of carbonyl (C=O) groups is 2. The third-order valence-electron chi connectivity index (χ3n) is 8.76. The van der Waals surface area contributed by atoms with Gasteiger partial charge in [0, 0.05) is 11.1 Å². The molecular formula is C39H21NO2. The SMILES string of the molecule is O=C(c1cccc(C(=O)c2ccc3ccc4cccc5ccc2c3c45)n1)c1ccc2ccc3cccc4ccc1c2c34. The Morgan fingerprint density at radius 1 is 0.357 bits per heavy atom. The van der Waals surface area contributed by atoms with Crippen LogP contribution < -0.4 is 0 Å². The molecule has 0 spiro atoms. The molecule has 0 bridgehead atoms. The number of benzene rings is 8. The smallest absolute Gasteiger partial charge is 0.211 e. The zero-order chi connectivity index (χ0) is 27.9. The molecule has 9 aromatic rings. The summed E-state index contributed by atoms with van der Waals surface area (Å²) in [5, 5.41) is 13.1. The van der Waals surface area contributed by atoms with Gasteiger partial charge >= 0.3 is 0 Å². The second kappa shape index (κ2) is 8.42. The van der Waals surface area contributed by atoms with Gasteiger partial charge in [0.1, 0.15) is 11.4 Å². The topological polar surface area (TPSA) is 47.0 Å². The summed E-state index contributed by atoms with van der Waals surface area (Å²) in [6.07, 6.45) is 0. The fourth-order valence-electron chi connectivity index (χ4n) is 6.83. The maximum absolute atomic E-state index is 14.0. The second-order valence-electron chi connectivity index (χ2n) is 11.0. The van der Waals surface area contributed by atoms with Crippen molar-refractivity contribution in [2.45, 2.75) is 0 Å². The summed E-state index contributed by atoms with van der Waals surface area (Å²) in [6, 6.07) is 42.1. The molecule has 1 aromatic heterocycles. The molecule has 8 aromatic carbocycles. The molecule has 9 rings (SSSR count). The van der Waals surface area contributed by atoms with Crippen LogP contribution in [0.25, 0.3) is 64.6 Å². The molecule has 0 fully saturated rings. The normalized spacial score (nSPS) is 12.0. The summed E-state index contributed by atoms with van der Waals surface area (Å²) in [4.78, 5) is 32.6. The first-order valence-corrected chi connectivity index (χ1v) is 14.1. The van der Waals surface area contributed by atoms with Gasteiger partial charge in [-0.3, -0.25) is 9.59 Å². The zero-order valence-corrected chi connectivity index (χ0v) is 22.4. The fourth-order valence-corrected chi connectivity index (χ4v) is 6.83. The van der Waals surface area contributed by atoms with Crippen LogP contribution >= 0.6 is 0 Å². The lowest BCUT2D eigenvalue weighted by molar-refractivity contribution is 0.103. The van der Waals surface area contributed by atoms with Crippen LogP contribution in [0, 0.1) is 0 Å². The van der Waals surface area contributed by atoms with Crippen molar-refractivity contribution in [3.8, 4) is 0 Å². The molecule has 0 atom stereocenters. The van der Waals surface area contributed by atoms with E-state index in [1.54, 1.807) is 18.2 Å². The summed E-state index contributed by atoms with van der Waals surface area (Å²) in [5.74, 6) is -0.393. The number of aromatic nitrogens is 1. The molecule has 194 valence electrons. The van der Waals surface area contributed by atoms with Gasteiger partial charge in [-0.25, -0.2) is 4.98 Å². The van der Waals surface area contributed by atoms with Crippen molar-refractivity contribution in [1.29, 1.82) is 0 Å². The van der Waals surface area contributed by atoms with E-state index in [1.165, 1.54) is 0 Å². The van der Waals surface area contributed by atoms with Crippen LogP contribution in [-0.4, -0.2) is 16.6 Å². The van der Waals surface area contributed by atoms with Crippen molar-refractivity contribution in [3.05, 3.63) is 150 Å². The minimum absolute atomic E-state index is 0.196. The molecular weight excluding hydrogens is 514 g/mol. The van der Waals surface area contributed by atoms with Crippen molar-refractivity contribution in [2.24, 2.45) is 0 Å².